The summed E-state index contributed by atoms with van der Waals surface area (Å²) in [5, 5.41) is 2.13. The Morgan fingerprint density at radius 1 is 1.39 bits per heavy atom. The van der Waals surface area contributed by atoms with Crippen LogP contribution in [0, 0.1) is 0 Å². The topological polar surface area (TPSA) is 31.4 Å². The van der Waals surface area contributed by atoms with Crippen molar-refractivity contribution in [3.8, 4) is 5.88 Å². The Labute approximate surface area is 111 Å². The van der Waals surface area contributed by atoms with E-state index in [1.807, 2.05) is 30.3 Å². The maximum Gasteiger partial charge on any atom is 0.221 e. The first-order valence-electron chi connectivity index (χ1n) is 6.06. The number of alkyl halides is 1. The highest BCUT2D eigenvalue weighted by Gasteiger charge is 2.19. The third-order valence-corrected chi connectivity index (χ3v) is 3.34. The second-order valence-electron chi connectivity index (χ2n) is 4.38. The molecule has 0 saturated carbocycles. The van der Waals surface area contributed by atoms with Crippen LogP contribution >= 0.6 is 11.6 Å². The van der Waals surface area contributed by atoms with Crippen molar-refractivity contribution in [2.75, 3.05) is 13.2 Å². The van der Waals surface area contributed by atoms with E-state index in [1.165, 1.54) is 0 Å². The van der Waals surface area contributed by atoms with Crippen LogP contribution in [-0.2, 0) is 10.6 Å². The lowest BCUT2D eigenvalue weighted by Crippen LogP contribution is -2.16. The molecule has 4 heteroatoms. The average molecular weight is 264 g/mol. The van der Waals surface area contributed by atoms with E-state index in [0.717, 1.165) is 29.5 Å². The average Bonchev–Trinajstić information content (AvgIpc) is 2.91. The predicted octanol–water partition coefficient (Wildman–Crippen LogP) is 3.14. The van der Waals surface area contributed by atoms with Gasteiger partial charge in [0, 0.05) is 11.8 Å². The molecule has 2 heterocycles. The predicted molar refractivity (Wildman–Crippen MR) is 71.2 cm³/mol. The Balaban J connectivity index is 2.01. The van der Waals surface area contributed by atoms with Crippen molar-refractivity contribution >= 4 is 22.4 Å². The zero-order valence-corrected chi connectivity index (χ0v) is 10.7. The highest BCUT2D eigenvalue weighted by atomic mass is 35.5. The minimum Gasteiger partial charge on any atom is -0.471 e. The first-order valence-corrected chi connectivity index (χ1v) is 6.59. The second kappa shape index (κ2) is 5.12. The van der Waals surface area contributed by atoms with Crippen molar-refractivity contribution in [1.29, 1.82) is 0 Å². The molecule has 1 unspecified atom stereocenters. The van der Waals surface area contributed by atoms with E-state index < -0.39 is 0 Å². The van der Waals surface area contributed by atoms with Crippen molar-refractivity contribution in [3.05, 3.63) is 36.0 Å². The summed E-state index contributed by atoms with van der Waals surface area (Å²) < 4.78 is 11.3. The van der Waals surface area contributed by atoms with E-state index in [4.69, 9.17) is 21.1 Å². The smallest absolute Gasteiger partial charge is 0.221 e. The lowest BCUT2D eigenvalue weighted by atomic mass is 10.1. The van der Waals surface area contributed by atoms with Gasteiger partial charge in [0.1, 0.15) is 6.10 Å². The molecule has 1 aliphatic heterocycles. The fourth-order valence-corrected chi connectivity index (χ4v) is 2.28. The van der Waals surface area contributed by atoms with Crippen LogP contribution in [0.2, 0.25) is 0 Å². The van der Waals surface area contributed by atoms with Crippen molar-refractivity contribution < 1.29 is 9.47 Å². The van der Waals surface area contributed by atoms with Gasteiger partial charge in [0.15, 0.2) is 0 Å². The van der Waals surface area contributed by atoms with E-state index in [-0.39, 0.29) is 6.10 Å². The van der Waals surface area contributed by atoms with Crippen LogP contribution in [0.25, 0.3) is 10.8 Å². The Morgan fingerprint density at radius 2 is 2.28 bits per heavy atom. The SMILES string of the molecule is ClCc1cc2ccccc2c(OC2CCOC2)n1. The van der Waals surface area contributed by atoms with Gasteiger partial charge in [0.05, 0.1) is 24.8 Å². The first kappa shape index (κ1) is 11.8. The van der Waals surface area contributed by atoms with Gasteiger partial charge in [-0.15, -0.1) is 11.6 Å². The van der Waals surface area contributed by atoms with Gasteiger partial charge in [-0.05, 0) is 17.5 Å². The zero-order chi connectivity index (χ0) is 12.4. The number of hydrogen-bond donors (Lipinski definition) is 0. The first-order chi connectivity index (χ1) is 8.86. The lowest BCUT2D eigenvalue weighted by Gasteiger charge is -2.14. The summed E-state index contributed by atoms with van der Waals surface area (Å²) in [4.78, 5) is 4.47. The number of aromatic nitrogens is 1. The van der Waals surface area contributed by atoms with Crippen molar-refractivity contribution in [2.24, 2.45) is 0 Å². The summed E-state index contributed by atoms with van der Waals surface area (Å²) in [5.74, 6) is 1.06. The van der Waals surface area contributed by atoms with E-state index in [9.17, 15) is 0 Å². The quantitative estimate of drug-likeness (QED) is 0.798. The number of ether oxygens (including phenoxy) is 2. The largest absolute Gasteiger partial charge is 0.471 e. The van der Waals surface area contributed by atoms with Gasteiger partial charge in [0.25, 0.3) is 0 Å². The van der Waals surface area contributed by atoms with Gasteiger partial charge in [-0.1, -0.05) is 18.2 Å². The Bertz CT molecular complexity index is 552. The molecule has 0 radical (unpaired) electrons. The molecule has 2 aromatic rings. The van der Waals surface area contributed by atoms with Gasteiger partial charge < -0.3 is 9.47 Å². The number of hydrogen-bond acceptors (Lipinski definition) is 3. The highest BCUT2D eigenvalue weighted by molar-refractivity contribution is 6.17. The minimum atomic E-state index is 0.103. The minimum absolute atomic E-state index is 0.103. The fraction of sp³-hybridized carbons (Fsp3) is 0.357. The molecule has 3 rings (SSSR count). The zero-order valence-electron chi connectivity index (χ0n) is 9.93. The van der Waals surface area contributed by atoms with E-state index in [1.54, 1.807) is 0 Å². The van der Waals surface area contributed by atoms with Crippen molar-refractivity contribution in [2.45, 2.75) is 18.4 Å². The summed E-state index contributed by atoms with van der Waals surface area (Å²) in [6, 6.07) is 10.1. The molecule has 0 amide bonds. The molecule has 94 valence electrons. The molecule has 18 heavy (non-hydrogen) atoms. The van der Waals surface area contributed by atoms with Crippen molar-refractivity contribution in [1.82, 2.24) is 4.98 Å². The number of pyridine rings is 1. The lowest BCUT2D eigenvalue weighted by molar-refractivity contribution is 0.139. The van der Waals surface area contributed by atoms with Crippen molar-refractivity contribution in [3.63, 3.8) is 0 Å². The Hall–Kier alpha value is -1.32. The second-order valence-corrected chi connectivity index (χ2v) is 4.64. The van der Waals surface area contributed by atoms with Gasteiger partial charge in [0.2, 0.25) is 5.88 Å². The monoisotopic (exact) mass is 263 g/mol. The number of rotatable bonds is 3. The maximum absolute atomic E-state index is 5.94. The van der Waals surface area contributed by atoms with E-state index in [0.29, 0.717) is 18.4 Å². The molecule has 0 N–H and O–H groups in total. The number of nitrogens with zero attached hydrogens (tertiary/aromatic N) is 1. The summed E-state index contributed by atoms with van der Waals surface area (Å²) in [6.45, 7) is 1.40. The molecule has 1 aliphatic rings. The van der Waals surface area contributed by atoms with Crippen LogP contribution in [0.1, 0.15) is 12.1 Å². The summed E-state index contributed by atoms with van der Waals surface area (Å²) in [6.07, 6.45) is 1.02. The normalized spacial score (nSPS) is 19.3. The van der Waals surface area contributed by atoms with E-state index >= 15 is 0 Å². The molecule has 0 aliphatic carbocycles. The van der Waals surface area contributed by atoms with Crippen LogP contribution in [-0.4, -0.2) is 24.3 Å². The van der Waals surface area contributed by atoms with Gasteiger partial charge in [-0.25, -0.2) is 4.98 Å². The van der Waals surface area contributed by atoms with Gasteiger partial charge >= 0.3 is 0 Å². The Kier molecular flexibility index (Phi) is 3.35. The fourth-order valence-electron chi connectivity index (χ4n) is 2.14. The molecular formula is C14H14ClNO2. The third kappa shape index (κ3) is 2.28. The molecule has 3 nitrogen and oxygen atoms in total. The summed E-state index contributed by atoms with van der Waals surface area (Å²) >= 11 is 5.87. The summed E-state index contributed by atoms with van der Waals surface area (Å²) in [5.41, 5.74) is 0.837. The number of fused-ring (bicyclic) bond motifs is 1. The van der Waals surface area contributed by atoms with Crippen LogP contribution in [0.4, 0.5) is 0 Å². The van der Waals surface area contributed by atoms with Crippen LogP contribution in [0.3, 0.4) is 0 Å². The molecule has 1 saturated heterocycles. The molecule has 1 aromatic carbocycles. The molecular weight excluding hydrogens is 250 g/mol. The summed E-state index contributed by atoms with van der Waals surface area (Å²) in [7, 11) is 0. The highest BCUT2D eigenvalue weighted by Crippen LogP contribution is 2.27. The van der Waals surface area contributed by atoms with Gasteiger partial charge in [-0.2, -0.15) is 0 Å². The molecule has 1 aromatic heterocycles. The number of benzene rings is 1. The van der Waals surface area contributed by atoms with Crippen LogP contribution in [0.5, 0.6) is 5.88 Å². The molecule has 0 spiro atoms. The molecule has 1 atom stereocenters. The third-order valence-electron chi connectivity index (χ3n) is 3.06. The number of halogens is 1. The van der Waals surface area contributed by atoms with Crippen LogP contribution in [0.15, 0.2) is 30.3 Å². The van der Waals surface area contributed by atoms with Gasteiger partial charge in [-0.3, -0.25) is 0 Å². The van der Waals surface area contributed by atoms with E-state index in [2.05, 4.69) is 4.98 Å². The molecule has 1 fully saturated rings. The molecule has 0 bridgehead atoms. The standard InChI is InChI=1S/C14H14ClNO2/c15-8-11-7-10-3-1-2-4-13(10)14(16-11)18-12-5-6-17-9-12/h1-4,7,12H,5-6,8-9H2. The van der Waals surface area contributed by atoms with Crippen LogP contribution < -0.4 is 4.74 Å². The maximum atomic E-state index is 5.94. The Morgan fingerprint density at radius 3 is 3.06 bits per heavy atom.